The normalized spacial score (nSPS) is 12.0. The standard InChI is InChI=1S/C17H14F3N/c1-11-2-7-16-15(8-11)13(10-21-16)9-12-3-5-14(6-4-12)17(18,19)20/h2-8,10,21H,9H2,1H3. The average molecular weight is 289 g/mol. The third-order valence-electron chi connectivity index (χ3n) is 3.60. The number of aryl methyl sites for hydroxylation is 1. The summed E-state index contributed by atoms with van der Waals surface area (Å²) in [5.74, 6) is 0. The molecule has 0 aliphatic rings. The topological polar surface area (TPSA) is 15.8 Å². The lowest BCUT2D eigenvalue weighted by Crippen LogP contribution is -2.04. The van der Waals surface area contributed by atoms with E-state index in [0.717, 1.165) is 39.7 Å². The van der Waals surface area contributed by atoms with E-state index in [2.05, 4.69) is 11.1 Å². The molecule has 0 spiro atoms. The highest BCUT2D eigenvalue weighted by Crippen LogP contribution is 2.30. The van der Waals surface area contributed by atoms with Gasteiger partial charge in [-0.05, 0) is 48.7 Å². The van der Waals surface area contributed by atoms with Crippen LogP contribution in [-0.2, 0) is 12.6 Å². The van der Waals surface area contributed by atoms with E-state index in [1.165, 1.54) is 12.1 Å². The Labute approximate surface area is 120 Å². The van der Waals surface area contributed by atoms with Crippen LogP contribution in [0.15, 0.2) is 48.7 Å². The number of hydrogen-bond donors (Lipinski definition) is 1. The Morgan fingerprint density at radius 2 is 1.71 bits per heavy atom. The molecule has 0 aliphatic heterocycles. The lowest BCUT2D eigenvalue weighted by atomic mass is 10.0. The van der Waals surface area contributed by atoms with Crippen LogP contribution >= 0.6 is 0 Å². The minimum atomic E-state index is -4.28. The fourth-order valence-corrected chi connectivity index (χ4v) is 2.47. The largest absolute Gasteiger partial charge is 0.416 e. The summed E-state index contributed by atoms with van der Waals surface area (Å²) < 4.78 is 37.6. The van der Waals surface area contributed by atoms with E-state index >= 15 is 0 Å². The number of aromatic nitrogens is 1. The molecule has 0 atom stereocenters. The van der Waals surface area contributed by atoms with Crippen molar-refractivity contribution >= 4 is 10.9 Å². The zero-order valence-corrected chi connectivity index (χ0v) is 11.5. The summed E-state index contributed by atoms with van der Waals surface area (Å²) >= 11 is 0. The van der Waals surface area contributed by atoms with Gasteiger partial charge in [-0.15, -0.1) is 0 Å². The summed E-state index contributed by atoms with van der Waals surface area (Å²) in [6, 6.07) is 11.5. The van der Waals surface area contributed by atoms with E-state index in [9.17, 15) is 13.2 Å². The van der Waals surface area contributed by atoms with Crippen molar-refractivity contribution in [3.8, 4) is 0 Å². The molecule has 0 saturated heterocycles. The van der Waals surface area contributed by atoms with E-state index < -0.39 is 11.7 Å². The highest BCUT2D eigenvalue weighted by Gasteiger charge is 2.29. The summed E-state index contributed by atoms with van der Waals surface area (Å²) in [5.41, 5.74) is 3.55. The second kappa shape index (κ2) is 4.95. The highest BCUT2D eigenvalue weighted by atomic mass is 19.4. The minimum Gasteiger partial charge on any atom is -0.361 e. The van der Waals surface area contributed by atoms with E-state index in [-0.39, 0.29) is 0 Å². The van der Waals surface area contributed by atoms with E-state index in [0.29, 0.717) is 6.42 Å². The fourth-order valence-electron chi connectivity index (χ4n) is 2.47. The second-order valence-corrected chi connectivity index (χ2v) is 5.23. The minimum absolute atomic E-state index is 0.610. The molecule has 0 amide bonds. The molecule has 1 aromatic heterocycles. The van der Waals surface area contributed by atoms with Gasteiger partial charge in [0, 0.05) is 17.1 Å². The first-order valence-corrected chi connectivity index (χ1v) is 6.66. The molecule has 1 N–H and O–H groups in total. The molecule has 0 radical (unpaired) electrons. The number of fused-ring (bicyclic) bond motifs is 1. The van der Waals surface area contributed by atoms with Crippen molar-refractivity contribution in [3.05, 3.63) is 70.9 Å². The van der Waals surface area contributed by atoms with Crippen LogP contribution in [0.2, 0.25) is 0 Å². The second-order valence-electron chi connectivity index (χ2n) is 5.23. The maximum absolute atomic E-state index is 12.5. The third kappa shape index (κ3) is 2.79. The van der Waals surface area contributed by atoms with Gasteiger partial charge in [0.15, 0.2) is 0 Å². The van der Waals surface area contributed by atoms with Crippen molar-refractivity contribution in [2.45, 2.75) is 19.5 Å². The summed E-state index contributed by atoms with van der Waals surface area (Å²) in [7, 11) is 0. The molecule has 21 heavy (non-hydrogen) atoms. The van der Waals surface area contributed by atoms with Gasteiger partial charge in [-0.3, -0.25) is 0 Å². The first-order chi connectivity index (χ1) is 9.93. The average Bonchev–Trinajstić information content (AvgIpc) is 2.81. The molecule has 0 aliphatic carbocycles. The third-order valence-corrected chi connectivity index (χ3v) is 3.60. The number of benzene rings is 2. The van der Waals surface area contributed by atoms with Crippen molar-refractivity contribution in [3.63, 3.8) is 0 Å². The maximum Gasteiger partial charge on any atom is 0.416 e. The Morgan fingerprint density at radius 3 is 2.38 bits per heavy atom. The van der Waals surface area contributed by atoms with Crippen LogP contribution in [0.4, 0.5) is 13.2 Å². The lowest BCUT2D eigenvalue weighted by molar-refractivity contribution is -0.137. The molecular weight excluding hydrogens is 275 g/mol. The Bertz CT molecular complexity index is 767. The van der Waals surface area contributed by atoms with Gasteiger partial charge < -0.3 is 4.98 Å². The monoisotopic (exact) mass is 289 g/mol. The first kappa shape index (κ1) is 13.7. The molecule has 3 rings (SSSR count). The van der Waals surface area contributed by atoms with Crippen LogP contribution in [0, 0.1) is 6.92 Å². The molecule has 3 aromatic rings. The molecule has 2 aromatic carbocycles. The van der Waals surface area contributed by atoms with E-state index in [1.54, 1.807) is 0 Å². The number of alkyl halides is 3. The van der Waals surface area contributed by atoms with E-state index in [4.69, 9.17) is 0 Å². The first-order valence-electron chi connectivity index (χ1n) is 6.66. The van der Waals surface area contributed by atoms with Crippen molar-refractivity contribution in [1.82, 2.24) is 4.98 Å². The van der Waals surface area contributed by atoms with Gasteiger partial charge in [0.05, 0.1) is 5.56 Å². The summed E-state index contributed by atoms with van der Waals surface area (Å²) in [6.45, 7) is 2.02. The fraction of sp³-hybridized carbons (Fsp3) is 0.176. The van der Waals surface area contributed by atoms with Gasteiger partial charge in [-0.25, -0.2) is 0 Å². The van der Waals surface area contributed by atoms with Crippen molar-refractivity contribution in [2.75, 3.05) is 0 Å². The molecule has 4 heteroatoms. The molecule has 0 saturated carbocycles. The Morgan fingerprint density at radius 1 is 1.00 bits per heavy atom. The van der Waals surface area contributed by atoms with Crippen molar-refractivity contribution < 1.29 is 13.2 Å². The van der Waals surface area contributed by atoms with Crippen LogP contribution in [0.5, 0.6) is 0 Å². The molecule has 1 heterocycles. The van der Waals surface area contributed by atoms with Gasteiger partial charge >= 0.3 is 6.18 Å². The SMILES string of the molecule is Cc1ccc2[nH]cc(Cc3ccc(C(F)(F)F)cc3)c2c1. The number of halogens is 3. The summed E-state index contributed by atoms with van der Waals surface area (Å²) in [5, 5.41) is 1.12. The van der Waals surface area contributed by atoms with Crippen molar-refractivity contribution in [2.24, 2.45) is 0 Å². The van der Waals surface area contributed by atoms with Crippen molar-refractivity contribution in [1.29, 1.82) is 0 Å². The summed E-state index contributed by atoms with van der Waals surface area (Å²) in [4.78, 5) is 3.19. The quantitative estimate of drug-likeness (QED) is 0.676. The molecule has 0 bridgehead atoms. The maximum atomic E-state index is 12.5. The molecule has 1 nitrogen and oxygen atoms in total. The lowest BCUT2D eigenvalue weighted by Gasteiger charge is -2.07. The number of hydrogen-bond acceptors (Lipinski definition) is 0. The zero-order valence-electron chi connectivity index (χ0n) is 11.5. The number of aromatic amines is 1. The molecular formula is C17H14F3N. The Kier molecular flexibility index (Phi) is 3.24. The Hall–Kier alpha value is -2.23. The zero-order chi connectivity index (χ0) is 15.0. The van der Waals surface area contributed by atoms with Crippen LogP contribution in [0.1, 0.15) is 22.3 Å². The van der Waals surface area contributed by atoms with Crippen LogP contribution in [0.25, 0.3) is 10.9 Å². The number of H-pyrrole nitrogens is 1. The van der Waals surface area contributed by atoms with Crippen LogP contribution in [0.3, 0.4) is 0 Å². The van der Waals surface area contributed by atoms with Gasteiger partial charge in [-0.2, -0.15) is 13.2 Å². The predicted octanol–water partition coefficient (Wildman–Crippen LogP) is 5.09. The molecule has 0 fully saturated rings. The smallest absolute Gasteiger partial charge is 0.361 e. The molecule has 0 unspecified atom stereocenters. The van der Waals surface area contributed by atoms with Gasteiger partial charge in [0.25, 0.3) is 0 Å². The van der Waals surface area contributed by atoms with Gasteiger partial charge in [0.1, 0.15) is 0 Å². The predicted molar refractivity (Wildman–Crippen MR) is 77.3 cm³/mol. The van der Waals surface area contributed by atoms with Gasteiger partial charge in [-0.1, -0.05) is 23.8 Å². The summed E-state index contributed by atoms with van der Waals surface area (Å²) in [6.07, 6.45) is -1.75. The highest BCUT2D eigenvalue weighted by molar-refractivity contribution is 5.84. The number of rotatable bonds is 2. The van der Waals surface area contributed by atoms with Crippen LogP contribution < -0.4 is 0 Å². The van der Waals surface area contributed by atoms with Gasteiger partial charge in [0.2, 0.25) is 0 Å². The van der Waals surface area contributed by atoms with Crippen LogP contribution in [-0.4, -0.2) is 4.98 Å². The molecule has 108 valence electrons. The Balaban J connectivity index is 1.90. The number of nitrogens with one attached hydrogen (secondary N) is 1. The van der Waals surface area contributed by atoms with E-state index in [1.807, 2.05) is 25.3 Å².